The minimum atomic E-state index is -0.524. The van der Waals surface area contributed by atoms with Crippen LogP contribution in [0.15, 0.2) is 40.2 Å². The highest BCUT2D eigenvalue weighted by Gasteiger charge is 2.21. The number of furan rings is 1. The highest BCUT2D eigenvalue weighted by molar-refractivity contribution is 8.00. The lowest BCUT2D eigenvalue weighted by Crippen LogP contribution is -2.24. The second-order valence-corrected chi connectivity index (χ2v) is 7.04. The molecule has 0 radical (unpaired) electrons. The molecule has 130 valence electrons. The van der Waals surface area contributed by atoms with Crippen LogP contribution in [0.3, 0.4) is 0 Å². The highest BCUT2D eigenvalue weighted by Crippen LogP contribution is 2.27. The van der Waals surface area contributed by atoms with Crippen molar-refractivity contribution in [2.24, 2.45) is 0 Å². The lowest BCUT2D eigenvalue weighted by Gasteiger charge is -2.11. The van der Waals surface area contributed by atoms with Crippen molar-refractivity contribution < 1.29 is 9.21 Å². The van der Waals surface area contributed by atoms with Crippen LogP contribution in [-0.4, -0.2) is 31.0 Å². The molecule has 3 heterocycles. The van der Waals surface area contributed by atoms with E-state index in [0.29, 0.717) is 21.8 Å². The van der Waals surface area contributed by atoms with Gasteiger partial charge >= 0.3 is 0 Å². The Morgan fingerprint density at radius 2 is 2.24 bits per heavy atom. The first kappa shape index (κ1) is 17.6. The summed E-state index contributed by atoms with van der Waals surface area (Å²) in [6.07, 6.45) is 2.91. The molecule has 3 aromatic rings. The number of nitrogen functional groups attached to an aromatic ring is 1. The molecule has 0 spiro atoms. The van der Waals surface area contributed by atoms with Gasteiger partial charge in [-0.1, -0.05) is 35.0 Å². The zero-order valence-corrected chi connectivity index (χ0v) is 15.1. The molecule has 8 nitrogen and oxygen atoms in total. The third-order valence-electron chi connectivity index (χ3n) is 3.11. The summed E-state index contributed by atoms with van der Waals surface area (Å²) >= 11 is 12.9. The van der Waals surface area contributed by atoms with Crippen molar-refractivity contribution >= 4 is 46.7 Å². The van der Waals surface area contributed by atoms with E-state index in [4.69, 9.17) is 33.5 Å². The van der Waals surface area contributed by atoms with E-state index >= 15 is 0 Å². The first-order valence-electron chi connectivity index (χ1n) is 6.98. The average Bonchev–Trinajstić information content (AvgIpc) is 3.20. The lowest BCUT2D eigenvalue weighted by molar-refractivity contribution is -0.115. The van der Waals surface area contributed by atoms with Crippen molar-refractivity contribution in [1.82, 2.24) is 19.9 Å². The third-order valence-corrected chi connectivity index (χ3v) is 4.66. The van der Waals surface area contributed by atoms with Gasteiger partial charge in [0.2, 0.25) is 16.9 Å². The van der Waals surface area contributed by atoms with Crippen LogP contribution < -0.4 is 11.2 Å². The number of amides is 1. The van der Waals surface area contributed by atoms with Gasteiger partial charge in [0.05, 0.1) is 21.6 Å². The SMILES string of the molecule is CC(Sc1nnc(-c2ccco2)n1N)C(=O)Nc1ncc(Cl)cc1Cl. The van der Waals surface area contributed by atoms with Crippen molar-refractivity contribution in [3.63, 3.8) is 0 Å². The molecule has 1 unspecified atom stereocenters. The van der Waals surface area contributed by atoms with Crippen LogP contribution in [0, 0.1) is 0 Å². The van der Waals surface area contributed by atoms with Gasteiger partial charge in [0.25, 0.3) is 0 Å². The fourth-order valence-corrected chi connectivity index (χ4v) is 3.07. The predicted molar refractivity (Wildman–Crippen MR) is 96.1 cm³/mol. The van der Waals surface area contributed by atoms with E-state index in [-0.39, 0.29) is 16.7 Å². The first-order chi connectivity index (χ1) is 12.0. The molecule has 0 aliphatic carbocycles. The summed E-state index contributed by atoms with van der Waals surface area (Å²) in [5.74, 6) is 6.73. The Balaban J connectivity index is 1.69. The molecule has 3 rings (SSSR count). The maximum absolute atomic E-state index is 12.3. The summed E-state index contributed by atoms with van der Waals surface area (Å²) in [7, 11) is 0. The average molecular weight is 399 g/mol. The fraction of sp³-hybridized carbons (Fsp3) is 0.143. The van der Waals surface area contributed by atoms with Crippen LogP contribution in [0.1, 0.15) is 6.92 Å². The first-order valence-corrected chi connectivity index (χ1v) is 8.62. The molecule has 25 heavy (non-hydrogen) atoms. The summed E-state index contributed by atoms with van der Waals surface area (Å²) in [6.45, 7) is 1.70. The van der Waals surface area contributed by atoms with Crippen molar-refractivity contribution in [3.8, 4) is 11.6 Å². The van der Waals surface area contributed by atoms with Crippen molar-refractivity contribution in [1.29, 1.82) is 0 Å². The maximum atomic E-state index is 12.3. The van der Waals surface area contributed by atoms with E-state index < -0.39 is 5.25 Å². The van der Waals surface area contributed by atoms with Gasteiger partial charge in [0.1, 0.15) is 0 Å². The van der Waals surface area contributed by atoms with Gasteiger partial charge in [-0.3, -0.25) is 4.79 Å². The van der Waals surface area contributed by atoms with Crippen LogP contribution in [-0.2, 0) is 4.79 Å². The molecule has 3 N–H and O–H groups in total. The molecule has 0 bridgehead atoms. The Bertz CT molecular complexity index is 899. The maximum Gasteiger partial charge on any atom is 0.238 e. The van der Waals surface area contributed by atoms with Gasteiger partial charge in [0, 0.05) is 6.20 Å². The van der Waals surface area contributed by atoms with Gasteiger partial charge < -0.3 is 15.6 Å². The topological polar surface area (TPSA) is 112 Å². The molecular formula is C14H12Cl2N6O2S. The molecule has 1 atom stereocenters. The number of hydrogen-bond acceptors (Lipinski definition) is 7. The van der Waals surface area contributed by atoms with Crippen molar-refractivity contribution in [2.75, 3.05) is 11.2 Å². The number of carbonyl (C=O) groups excluding carboxylic acids is 1. The molecule has 0 aliphatic rings. The molecule has 0 saturated carbocycles. The van der Waals surface area contributed by atoms with Gasteiger partial charge in [0.15, 0.2) is 11.6 Å². The summed E-state index contributed by atoms with van der Waals surface area (Å²) in [5, 5.41) is 11.1. The van der Waals surface area contributed by atoms with Crippen LogP contribution in [0.2, 0.25) is 10.0 Å². The molecule has 0 aromatic carbocycles. The monoisotopic (exact) mass is 398 g/mol. The summed E-state index contributed by atoms with van der Waals surface area (Å²) in [5.41, 5.74) is 0. The third kappa shape index (κ3) is 3.89. The number of halogens is 2. The summed E-state index contributed by atoms with van der Waals surface area (Å²) < 4.78 is 6.51. The molecule has 0 aliphatic heterocycles. The van der Waals surface area contributed by atoms with Gasteiger partial charge in [-0.2, -0.15) is 0 Å². The van der Waals surface area contributed by atoms with Gasteiger partial charge in [-0.15, -0.1) is 10.2 Å². The minimum absolute atomic E-state index is 0.231. The van der Waals surface area contributed by atoms with E-state index in [2.05, 4.69) is 20.5 Å². The Hall–Kier alpha value is -2.23. The number of nitrogens with two attached hydrogens (primary N) is 1. The molecular weight excluding hydrogens is 387 g/mol. The normalized spacial score (nSPS) is 12.1. The number of anilines is 1. The van der Waals surface area contributed by atoms with E-state index in [1.165, 1.54) is 23.2 Å². The number of nitrogens with one attached hydrogen (secondary N) is 1. The predicted octanol–water partition coefficient (Wildman–Crippen LogP) is 3.07. The summed E-state index contributed by atoms with van der Waals surface area (Å²) in [6, 6.07) is 4.93. The standard InChI is InChI=1S/C14H12Cl2N6O2S/c1-7(13(23)19-11-9(16)5-8(15)6-18-11)25-14-21-20-12(22(14)17)10-3-2-4-24-10/h2-7H,17H2,1H3,(H,18,19,23). The largest absolute Gasteiger partial charge is 0.461 e. The number of rotatable bonds is 5. The molecule has 0 saturated heterocycles. The quantitative estimate of drug-likeness (QED) is 0.501. The van der Waals surface area contributed by atoms with Crippen molar-refractivity contribution in [2.45, 2.75) is 17.3 Å². The second-order valence-electron chi connectivity index (χ2n) is 4.89. The van der Waals surface area contributed by atoms with E-state index in [1.54, 1.807) is 19.1 Å². The van der Waals surface area contributed by atoms with Crippen LogP contribution >= 0.6 is 35.0 Å². The number of hydrogen-bond donors (Lipinski definition) is 2. The summed E-state index contributed by atoms with van der Waals surface area (Å²) in [4.78, 5) is 16.3. The number of thioether (sulfide) groups is 1. The number of nitrogens with zero attached hydrogens (tertiary/aromatic N) is 4. The number of aromatic nitrogens is 4. The highest BCUT2D eigenvalue weighted by atomic mass is 35.5. The molecule has 3 aromatic heterocycles. The fourth-order valence-electron chi connectivity index (χ4n) is 1.87. The Labute approximate surface area is 156 Å². The van der Waals surface area contributed by atoms with Crippen molar-refractivity contribution in [3.05, 3.63) is 40.7 Å². The van der Waals surface area contributed by atoms with E-state index in [1.807, 2.05) is 0 Å². The van der Waals surface area contributed by atoms with Gasteiger partial charge in [-0.05, 0) is 25.1 Å². The number of carbonyl (C=O) groups is 1. The van der Waals surface area contributed by atoms with Crippen LogP contribution in [0.5, 0.6) is 0 Å². The Kier molecular flexibility index (Phi) is 5.16. The minimum Gasteiger partial charge on any atom is -0.461 e. The molecule has 0 fully saturated rings. The second kappa shape index (κ2) is 7.34. The Morgan fingerprint density at radius 3 is 2.92 bits per heavy atom. The lowest BCUT2D eigenvalue weighted by atomic mass is 10.4. The molecule has 1 amide bonds. The Morgan fingerprint density at radius 1 is 1.44 bits per heavy atom. The van der Waals surface area contributed by atoms with Gasteiger partial charge in [-0.25, -0.2) is 9.66 Å². The number of pyridine rings is 1. The van der Waals surface area contributed by atoms with Crippen LogP contribution in [0.25, 0.3) is 11.6 Å². The van der Waals surface area contributed by atoms with Crippen LogP contribution in [0.4, 0.5) is 5.82 Å². The zero-order valence-electron chi connectivity index (χ0n) is 12.8. The molecule has 11 heteroatoms. The smallest absolute Gasteiger partial charge is 0.238 e. The van der Waals surface area contributed by atoms with E-state index in [0.717, 1.165) is 11.8 Å². The zero-order chi connectivity index (χ0) is 18.0. The van der Waals surface area contributed by atoms with E-state index in [9.17, 15) is 4.79 Å².